The zero-order valence-corrected chi connectivity index (χ0v) is 15.6. The van der Waals surface area contributed by atoms with E-state index in [2.05, 4.69) is 29.0 Å². The summed E-state index contributed by atoms with van der Waals surface area (Å²) >= 11 is 1.96. The average Bonchev–Trinajstić information content (AvgIpc) is 2.64. The van der Waals surface area contributed by atoms with E-state index in [1.807, 2.05) is 36.9 Å². The largest absolute Gasteiger partial charge is 0.461 e. The van der Waals surface area contributed by atoms with Gasteiger partial charge >= 0.3 is 5.97 Å². The first kappa shape index (κ1) is 17.8. The van der Waals surface area contributed by atoms with E-state index in [9.17, 15) is 4.79 Å². The number of piperidine rings is 1. The van der Waals surface area contributed by atoms with Gasteiger partial charge in [-0.05, 0) is 32.4 Å². The highest BCUT2D eigenvalue weighted by Crippen LogP contribution is 2.33. The van der Waals surface area contributed by atoms with Crippen LogP contribution in [0.2, 0.25) is 0 Å². The number of ether oxygens (including phenoxy) is 1. The van der Waals surface area contributed by atoms with Crippen LogP contribution >= 0.6 is 11.8 Å². The molecule has 0 bridgehead atoms. The fraction of sp³-hybridized carbons (Fsp3) is 0.632. The van der Waals surface area contributed by atoms with Crippen molar-refractivity contribution >= 4 is 17.7 Å². The normalized spacial score (nSPS) is 23.6. The molecular weight excluding hydrogens is 320 g/mol. The molecule has 1 aromatic rings. The summed E-state index contributed by atoms with van der Waals surface area (Å²) in [6.07, 6.45) is 1.92. The van der Waals surface area contributed by atoms with Gasteiger partial charge < -0.3 is 9.64 Å². The molecule has 1 unspecified atom stereocenters. The molecular formula is C19H28N2O2S. The van der Waals surface area contributed by atoms with Gasteiger partial charge in [-0.3, -0.25) is 4.90 Å². The Labute approximate surface area is 149 Å². The molecule has 5 heteroatoms. The molecule has 2 fully saturated rings. The van der Waals surface area contributed by atoms with Crippen LogP contribution in [0.5, 0.6) is 0 Å². The van der Waals surface area contributed by atoms with Crippen molar-refractivity contribution < 1.29 is 9.53 Å². The lowest BCUT2D eigenvalue weighted by molar-refractivity contribution is -0.166. The van der Waals surface area contributed by atoms with E-state index in [1.165, 1.54) is 0 Å². The van der Waals surface area contributed by atoms with Gasteiger partial charge in [0.25, 0.3) is 0 Å². The fourth-order valence-corrected chi connectivity index (χ4v) is 4.47. The summed E-state index contributed by atoms with van der Waals surface area (Å²) < 4.78 is 6.00. The SMILES string of the molecule is CN1CCC(OC(=O)C(C)(c2ccccc2)N2CCSCC2)CC1. The Bertz CT molecular complexity index is 540. The summed E-state index contributed by atoms with van der Waals surface area (Å²) in [4.78, 5) is 17.8. The Balaban J connectivity index is 1.80. The smallest absolute Gasteiger partial charge is 0.331 e. The maximum Gasteiger partial charge on any atom is 0.331 e. The summed E-state index contributed by atoms with van der Waals surface area (Å²) in [5, 5.41) is 0. The molecule has 2 heterocycles. The van der Waals surface area contributed by atoms with Crippen LogP contribution in [-0.4, -0.2) is 66.6 Å². The van der Waals surface area contributed by atoms with Crippen molar-refractivity contribution in [2.24, 2.45) is 0 Å². The summed E-state index contributed by atoms with van der Waals surface area (Å²) in [7, 11) is 2.12. The molecule has 24 heavy (non-hydrogen) atoms. The van der Waals surface area contributed by atoms with Gasteiger partial charge in [-0.2, -0.15) is 11.8 Å². The highest BCUT2D eigenvalue weighted by Gasteiger charge is 2.44. The van der Waals surface area contributed by atoms with Crippen molar-refractivity contribution in [3.8, 4) is 0 Å². The number of hydrogen-bond acceptors (Lipinski definition) is 5. The fourth-order valence-electron chi connectivity index (χ4n) is 3.57. The number of likely N-dealkylation sites (tertiary alicyclic amines) is 1. The number of carbonyl (C=O) groups excluding carboxylic acids is 1. The quantitative estimate of drug-likeness (QED) is 0.781. The summed E-state index contributed by atoms with van der Waals surface area (Å²) in [6, 6.07) is 10.1. The molecule has 0 saturated carbocycles. The number of rotatable bonds is 4. The maximum atomic E-state index is 13.2. The summed E-state index contributed by atoms with van der Waals surface area (Å²) in [6.45, 7) is 5.90. The molecule has 0 aromatic heterocycles. The van der Waals surface area contributed by atoms with E-state index in [0.29, 0.717) is 0 Å². The molecule has 2 aliphatic heterocycles. The Morgan fingerprint density at radius 3 is 2.38 bits per heavy atom. The summed E-state index contributed by atoms with van der Waals surface area (Å²) in [5.74, 6) is 2.06. The molecule has 1 aromatic carbocycles. The van der Waals surface area contributed by atoms with E-state index >= 15 is 0 Å². The predicted octanol–water partition coefficient (Wildman–Crippen LogP) is 2.59. The van der Waals surface area contributed by atoms with Crippen LogP contribution in [0.1, 0.15) is 25.3 Å². The molecule has 0 aliphatic carbocycles. The van der Waals surface area contributed by atoms with Gasteiger partial charge in [0, 0.05) is 37.7 Å². The van der Waals surface area contributed by atoms with Crippen LogP contribution in [0.15, 0.2) is 30.3 Å². The Hall–Kier alpha value is -1.04. The molecule has 1 atom stereocenters. The molecule has 0 amide bonds. The van der Waals surface area contributed by atoms with Gasteiger partial charge in [0.05, 0.1) is 0 Å². The third-order valence-corrected chi connectivity index (χ3v) is 6.26. The zero-order chi connectivity index (χ0) is 17.0. The third kappa shape index (κ3) is 3.79. The zero-order valence-electron chi connectivity index (χ0n) is 14.7. The van der Waals surface area contributed by atoms with Gasteiger partial charge in [-0.15, -0.1) is 0 Å². The van der Waals surface area contributed by atoms with Gasteiger partial charge in [-0.1, -0.05) is 30.3 Å². The van der Waals surface area contributed by atoms with Crippen LogP contribution < -0.4 is 0 Å². The molecule has 0 spiro atoms. The number of thioether (sulfide) groups is 1. The van der Waals surface area contributed by atoms with Crippen LogP contribution in [-0.2, 0) is 15.1 Å². The van der Waals surface area contributed by atoms with Gasteiger partial charge in [0.1, 0.15) is 11.6 Å². The molecule has 0 N–H and O–H groups in total. The second kappa shape index (κ2) is 7.89. The van der Waals surface area contributed by atoms with Crippen LogP contribution in [0, 0.1) is 0 Å². The van der Waals surface area contributed by atoms with Crippen LogP contribution in [0.25, 0.3) is 0 Å². The molecule has 0 radical (unpaired) electrons. The first-order valence-electron chi connectivity index (χ1n) is 8.88. The third-order valence-electron chi connectivity index (χ3n) is 5.32. The van der Waals surface area contributed by atoms with E-state index in [-0.39, 0.29) is 12.1 Å². The molecule has 2 aliphatic rings. The number of nitrogens with zero attached hydrogens (tertiary/aromatic N) is 2. The Morgan fingerprint density at radius 1 is 1.12 bits per heavy atom. The first-order valence-corrected chi connectivity index (χ1v) is 10.0. The van der Waals surface area contributed by atoms with Gasteiger partial charge in [0.15, 0.2) is 0 Å². The number of esters is 1. The van der Waals surface area contributed by atoms with Crippen molar-refractivity contribution in [1.82, 2.24) is 9.80 Å². The van der Waals surface area contributed by atoms with Crippen molar-refractivity contribution in [3.05, 3.63) is 35.9 Å². The second-order valence-corrected chi connectivity index (χ2v) is 8.17. The minimum absolute atomic E-state index is 0.0518. The predicted molar refractivity (Wildman–Crippen MR) is 99.3 cm³/mol. The first-order chi connectivity index (χ1) is 11.6. The number of hydrogen-bond donors (Lipinski definition) is 0. The van der Waals surface area contributed by atoms with E-state index in [4.69, 9.17) is 4.74 Å². The highest BCUT2D eigenvalue weighted by atomic mass is 32.2. The second-order valence-electron chi connectivity index (χ2n) is 6.95. The molecule has 2 saturated heterocycles. The number of benzene rings is 1. The van der Waals surface area contributed by atoms with Crippen LogP contribution in [0.3, 0.4) is 0 Å². The van der Waals surface area contributed by atoms with Crippen molar-refractivity contribution in [2.75, 3.05) is 44.7 Å². The monoisotopic (exact) mass is 348 g/mol. The average molecular weight is 349 g/mol. The van der Waals surface area contributed by atoms with Crippen molar-refractivity contribution in [3.63, 3.8) is 0 Å². The molecule has 3 rings (SSSR count). The van der Waals surface area contributed by atoms with Gasteiger partial charge in [0.2, 0.25) is 0 Å². The molecule has 4 nitrogen and oxygen atoms in total. The Morgan fingerprint density at radius 2 is 1.75 bits per heavy atom. The maximum absolute atomic E-state index is 13.2. The topological polar surface area (TPSA) is 32.8 Å². The van der Waals surface area contributed by atoms with Crippen molar-refractivity contribution in [2.45, 2.75) is 31.4 Å². The minimum atomic E-state index is -0.689. The summed E-state index contributed by atoms with van der Waals surface area (Å²) in [5.41, 5.74) is 0.348. The van der Waals surface area contributed by atoms with E-state index in [0.717, 1.165) is 56.1 Å². The Kier molecular flexibility index (Phi) is 5.85. The standard InChI is InChI=1S/C19H28N2O2S/c1-19(16-6-4-3-5-7-16,21-12-14-24-15-13-21)18(22)23-17-8-10-20(2)11-9-17/h3-7,17H,8-15H2,1-2H3. The lowest BCUT2D eigenvalue weighted by Gasteiger charge is -2.42. The number of carbonyl (C=O) groups is 1. The highest BCUT2D eigenvalue weighted by molar-refractivity contribution is 7.99. The lowest BCUT2D eigenvalue weighted by Crippen LogP contribution is -2.54. The molecule has 132 valence electrons. The van der Waals surface area contributed by atoms with E-state index in [1.54, 1.807) is 0 Å². The van der Waals surface area contributed by atoms with E-state index < -0.39 is 5.54 Å². The minimum Gasteiger partial charge on any atom is -0.461 e. The van der Waals surface area contributed by atoms with Gasteiger partial charge in [-0.25, -0.2) is 4.79 Å². The van der Waals surface area contributed by atoms with Crippen LogP contribution in [0.4, 0.5) is 0 Å². The lowest BCUT2D eigenvalue weighted by atomic mass is 9.89. The van der Waals surface area contributed by atoms with Crippen molar-refractivity contribution in [1.29, 1.82) is 0 Å².